The predicted octanol–water partition coefficient (Wildman–Crippen LogP) is 10.1. The molecule has 7 aromatic rings. The van der Waals surface area contributed by atoms with Gasteiger partial charge in [0.25, 0.3) is 0 Å². The van der Waals surface area contributed by atoms with Gasteiger partial charge < -0.3 is 28.7 Å². The van der Waals surface area contributed by atoms with Crippen molar-refractivity contribution in [1.82, 2.24) is 4.57 Å². The normalized spacial score (nSPS) is 10.8. The second-order valence-corrected chi connectivity index (χ2v) is 11.3. The summed E-state index contributed by atoms with van der Waals surface area (Å²) in [6, 6.07) is 44.1. The van der Waals surface area contributed by atoms with Gasteiger partial charge in [-0.3, -0.25) is 0 Å². The van der Waals surface area contributed by atoms with Crippen molar-refractivity contribution in [2.45, 2.75) is 0 Å². The first kappa shape index (κ1) is 31.0. The summed E-state index contributed by atoms with van der Waals surface area (Å²) < 4.78 is 24.1. The van der Waals surface area contributed by atoms with Gasteiger partial charge in [-0.05, 0) is 84.9 Å². The molecule has 0 fully saturated rings. The molecule has 0 aliphatic rings. The van der Waals surface area contributed by atoms with Crippen LogP contribution in [-0.4, -0.2) is 33.0 Å². The van der Waals surface area contributed by atoms with Crippen LogP contribution in [0, 0.1) is 11.5 Å². The molecule has 0 saturated carbocycles. The van der Waals surface area contributed by atoms with Crippen LogP contribution in [0.2, 0.25) is 0 Å². The van der Waals surface area contributed by atoms with Crippen molar-refractivity contribution < 1.29 is 18.9 Å². The number of nitrogens with zero attached hydrogens (tertiary/aromatic N) is 4. The number of nitriles is 1. The van der Waals surface area contributed by atoms with E-state index in [2.05, 4.69) is 28.1 Å². The Hall–Kier alpha value is -6.59. The molecule has 0 atom stereocenters. The predicted molar refractivity (Wildman–Crippen MR) is 196 cm³/mol. The third-order valence-electron chi connectivity index (χ3n) is 8.59. The topological polar surface area (TPSA) is 72.1 Å². The molecule has 8 heteroatoms. The summed E-state index contributed by atoms with van der Waals surface area (Å²) in [5.74, 6) is 2.97. The van der Waals surface area contributed by atoms with E-state index in [1.165, 1.54) is 0 Å². The van der Waals surface area contributed by atoms with Crippen LogP contribution in [0.4, 0.5) is 34.1 Å². The van der Waals surface area contributed by atoms with E-state index in [1.807, 2.05) is 121 Å². The Morgan fingerprint density at radius 1 is 0.429 bits per heavy atom. The molecule has 0 aliphatic heterocycles. The average molecular weight is 647 g/mol. The lowest BCUT2D eigenvalue weighted by Crippen LogP contribution is -2.10. The maximum Gasteiger partial charge on any atom is 0.189 e. The second kappa shape index (κ2) is 13.3. The molecule has 0 unspecified atom stereocenters. The van der Waals surface area contributed by atoms with Gasteiger partial charge in [0.15, 0.2) is 6.19 Å². The van der Waals surface area contributed by atoms with Crippen molar-refractivity contribution in [1.29, 1.82) is 5.26 Å². The number of aromatic nitrogens is 1. The highest BCUT2D eigenvalue weighted by Crippen LogP contribution is 2.43. The van der Waals surface area contributed by atoms with Crippen LogP contribution in [0.25, 0.3) is 21.8 Å². The van der Waals surface area contributed by atoms with Gasteiger partial charge in [-0.1, -0.05) is 24.3 Å². The van der Waals surface area contributed by atoms with Crippen LogP contribution in [0.3, 0.4) is 0 Å². The smallest absolute Gasteiger partial charge is 0.189 e. The van der Waals surface area contributed by atoms with Crippen molar-refractivity contribution >= 4 is 55.9 Å². The zero-order valence-corrected chi connectivity index (χ0v) is 27.6. The van der Waals surface area contributed by atoms with Gasteiger partial charge in [-0.25, -0.2) is 4.57 Å². The van der Waals surface area contributed by atoms with Crippen molar-refractivity contribution in [3.05, 3.63) is 133 Å². The lowest BCUT2D eigenvalue weighted by Gasteiger charge is -2.26. The van der Waals surface area contributed by atoms with E-state index in [9.17, 15) is 5.26 Å². The summed E-state index contributed by atoms with van der Waals surface area (Å²) in [5, 5.41) is 12.2. The van der Waals surface area contributed by atoms with Crippen LogP contribution in [0.15, 0.2) is 133 Å². The van der Waals surface area contributed by atoms with Crippen molar-refractivity contribution in [3.8, 4) is 29.2 Å². The molecule has 0 saturated heterocycles. The molecule has 0 aliphatic carbocycles. The zero-order chi connectivity index (χ0) is 33.9. The Kier molecular flexibility index (Phi) is 8.40. The summed E-state index contributed by atoms with van der Waals surface area (Å²) in [7, 11) is 6.65. The van der Waals surface area contributed by atoms with E-state index in [-0.39, 0.29) is 0 Å². The van der Waals surface area contributed by atoms with Crippen molar-refractivity contribution in [2.75, 3.05) is 38.2 Å². The lowest BCUT2D eigenvalue weighted by atomic mass is 10.1. The van der Waals surface area contributed by atoms with E-state index in [4.69, 9.17) is 18.9 Å². The van der Waals surface area contributed by atoms with Gasteiger partial charge in [0.2, 0.25) is 0 Å². The fourth-order valence-electron chi connectivity index (χ4n) is 6.28. The summed E-state index contributed by atoms with van der Waals surface area (Å²) in [6.45, 7) is 0. The minimum Gasteiger partial charge on any atom is -0.497 e. The molecule has 0 spiro atoms. The molecule has 1 heterocycles. The molecule has 8 nitrogen and oxygen atoms in total. The van der Waals surface area contributed by atoms with E-state index >= 15 is 0 Å². The Morgan fingerprint density at radius 2 is 0.735 bits per heavy atom. The van der Waals surface area contributed by atoms with Crippen LogP contribution in [-0.2, 0) is 0 Å². The number of ether oxygens (including phenoxy) is 4. The molecule has 6 aromatic carbocycles. The summed E-state index contributed by atoms with van der Waals surface area (Å²) in [4.78, 5) is 4.31. The van der Waals surface area contributed by atoms with Crippen molar-refractivity contribution in [3.63, 3.8) is 0 Å². The number of hydrogen-bond donors (Lipinski definition) is 0. The molecule has 242 valence electrons. The van der Waals surface area contributed by atoms with Gasteiger partial charge in [0, 0.05) is 69.2 Å². The summed E-state index contributed by atoms with van der Waals surface area (Å²) >= 11 is 0. The third-order valence-corrected chi connectivity index (χ3v) is 8.59. The number of anilines is 6. The zero-order valence-electron chi connectivity index (χ0n) is 27.6. The van der Waals surface area contributed by atoms with Gasteiger partial charge >= 0.3 is 0 Å². The van der Waals surface area contributed by atoms with E-state index in [1.54, 1.807) is 33.0 Å². The van der Waals surface area contributed by atoms with Gasteiger partial charge in [0.05, 0.1) is 39.5 Å². The van der Waals surface area contributed by atoms with Crippen LogP contribution < -0.4 is 28.7 Å². The number of hydrogen-bond acceptors (Lipinski definition) is 7. The van der Waals surface area contributed by atoms with Crippen LogP contribution in [0.5, 0.6) is 23.0 Å². The van der Waals surface area contributed by atoms with Crippen molar-refractivity contribution in [2.24, 2.45) is 0 Å². The first-order chi connectivity index (χ1) is 24.0. The molecule has 0 bridgehead atoms. The van der Waals surface area contributed by atoms with Gasteiger partial charge in [-0.15, -0.1) is 0 Å². The quantitative estimate of drug-likeness (QED) is 0.146. The molecule has 49 heavy (non-hydrogen) atoms. The van der Waals surface area contributed by atoms with Gasteiger partial charge in [-0.2, -0.15) is 5.26 Å². The highest BCUT2D eigenvalue weighted by molar-refractivity contribution is 6.11. The summed E-state index contributed by atoms with van der Waals surface area (Å²) in [5.41, 5.74) is 7.10. The molecule has 7 rings (SSSR count). The van der Waals surface area contributed by atoms with Crippen LogP contribution >= 0.6 is 0 Å². The number of benzene rings is 6. The highest BCUT2D eigenvalue weighted by Gasteiger charge is 2.20. The largest absolute Gasteiger partial charge is 0.497 e. The Bertz CT molecular complexity index is 2090. The number of methoxy groups -OCH3 is 4. The molecular formula is C41H34N4O4. The second-order valence-electron chi connectivity index (χ2n) is 11.3. The maximum absolute atomic E-state index is 10.4. The SMILES string of the molecule is COc1cccc(N(c2cccc(OC)c2)c2ccc3c(c2)c2cc(N(c4cccc(OC)c4)c4cccc(OC)c4)ccc2n3C#N)c1. The fraction of sp³-hybridized carbons (Fsp3) is 0.0976. The number of rotatable bonds is 10. The first-order valence-electron chi connectivity index (χ1n) is 15.7. The van der Waals surface area contributed by atoms with E-state index in [0.29, 0.717) is 0 Å². The highest BCUT2D eigenvalue weighted by atomic mass is 16.5. The molecular weight excluding hydrogens is 612 g/mol. The Balaban J connectivity index is 1.46. The lowest BCUT2D eigenvalue weighted by molar-refractivity contribution is 0.414. The third kappa shape index (κ3) is 5.79. The Labute approximate surface area is 285 Å². The fourth-order valence-corrected chi connectivity index (χ4v) is 6.28. The Morgan fingerprint density at radius 3 is 1.02 bits per heavy atom. The maximum atomic E-state index is 10.4. The molecule has 1 aromatic heterocycles. The molecule has 0 radical (unpaired) electrons. The number of fused-ring (bicyclic) bond motifs is 3. The minimum atomic E-state index is 0.743. The first-order valence-corrected chi connectivity index (χ1v) is 15.7. The monoisotopic (exact) mass is 646 g/mol. The summed E-state index contributed by atoms with van der Waals surface area (Å²) in [6.07, 6.45) is 2.40. The molecule has 0 N–H and O–H groups in total. The van der Waals surface area contributed by atoms with Gasteiger partial charge in [0.1, 0.15) is 23.0 Å². The van der Waals surface area contributed by atoms with E-state index < -0.39 is 0 Å². The minimum absolute atomic E-state index is 0.743. The molecule has 0 amide bonds. The standard InChI is InChI=1S/C41H34N4O4/c1-46-34-13-5-9-28(21-34)44(29-10-6-14-35(22-29)47-2)32-17-19-40-38(25-32)39-26-33(18-20-41(39)43(40)27-42)45(30-11-7-15-36(23-30)48-3)31-12-8-16-37(24-31)49-4/h5-26H,1-4H3. The van der Waals surface area contributed by atoms with E-state index in [0.717, 1.165) is 78.9 Å². The van der Waals surface area contributed by atoms with Crippen LogP contribution in [0.1, 0.15) is 0 Å². The average Bonchev–Trinajstić information content (AvgIpc) is 3.47.